The summed E-state index contributed by atoms with van der Waals surface area (Å²) in [5.74, 6) is 0.673. The van der Waals surface area contributed by atoms with Crippen LogP contribution in [0, 0.1) is 21.4 Å². The number of methoxy groups -OCH3 is 1. The molecule has 31 heavy (non-hydrogen) atoms. The maximum absolute atomic E-state index is 12.4. The first-order valence-electron chi connectivity index (χ1n) is 8.94. The van der Waals surface area contributed by atoms with E-state index in [0.29, 0.717) is 22.7 Å². The zero-order valence-corrected chi connectivity index (χ0v) is 16.3. The van der Waals surface area contributed by atoms with Crippen molar-refractivity contribution < 1.29 is 19.2 Å². The first-order chi connectivity index (χ1) is 15.0. The lowest BCUT2D eigenvalue weighted by atomic mass is 10.1. The number of anilines is 1. The molecule has 9 heteroatoms. The van der Waals surface area contributed by atoms with Crippen molar-refractivity contribution >= 4 is 23.4 Å². The van der Waals surface area contributed by atoms with E-state index in [-0.39, 0.29) is 17.1 Å². The van der Waals surface area contributed by atoms with Gasteiger partial charge in [-0.25, -0.2) is 4.98 Å². The van der Waals surface area contributed by atoms with Gasteiger partial charge in [-0.1, -0.05) is 18.2 Å². The van der Waals surface area contributed by atoms with E-state index in [1.54, 1.807) is 48.5 Å². The van der Waals surface area contributed by atoms with Crippen molar-refractivity contribution in [1.29, 1.82) is 5.26 Å². The second-order valence-electron chi connectivity index (χ2n) is 6.14. The van der Waals surface area contributed by atoms with Crippen LogP contribution < -0.4 is 14.8 Å². The Kier molecular flexibility index (Phi) is 6.55. The van der Waals surface area contributed by atoms with Gasteiger partial charge in [-0.05, 0) is 35.9 Å². The van der Waals surface area contributed by atoms with Gasteiger partial charge in [-0.3, -0.25) is 14.9 Å². The molecule has 0 atom stereocenters. The summed E-state index contributed by atoms with van der Waals surface area (Å²) >= 11 is 0. The Morgan fingerprint density at radius 3 is 2.55 bits per heavy atom. The van der Waals surface area contributed by atoms with Crippen LogP contribution in [-0.2, 0) is 4.79 Å². The van der Waals surface area contributed by atoms with Crippen molar-refractivity contribution in [2.75, 3.05) is 12.4 Å². The van der Waals surface area contributed by atoms with Crippen molar-refractivity contribution in [3.8, 4) is 23.4 Å². The fourth-order valence-corrected chi connectivity index (χ4v) is 2.51. The van der Waals surface area contributed by atoms with E-state index in [1.165, 1.54) is 25.3 Å². The lowest BCUT2D eigenvalue weighted by Crippen LogP contribution is -2.13. The van der Waals surface area contributed by atoms with Crippen LogP contribution in [0.5, 0.6) is 17.4 Å². The summed E-state index contributed by atoms with van der Waals surface area (Å²) in [5.41, 5.74) is 0.906. The van der Waals surface area contributed by atoms with E-state index in [1.807, 2.05) is 6.07 Å². The quantitative estimate of drug-likeness (QED) is 0.263. The predicted octanol–water partition coefficient (Wildman–Crippen LogP) is 4.34. The van der Waals surface area contributed by atoms with E-state index in [0.717, 1.165) is 6.20 Å². The molecule has 0 fully saturated rings. The normalized spacial score (nSPS) is 10.6. The molecule has 0 saturated carbocycles. The van der Waals surface area contributed by atoms with Crippen LogP contribution >= 0.6 is 0 Å². The molecule has 1 N–H and O–H groups in total. The number of carbonyl (C=O) groups excluding carboxylic acids is 1. The van der Waals surface area contributed by atoms with Crippen LogP contribution in [0.15, 0.2) is 72.4 Å². The molecular formula is C22H16N4O5. The number of nitro groups is 1. The average Bonchev–Trinajstić information content (AvgIpc) is 2.79. The Labute approximate surface area is 177 Å². The van der Waals surface area contributed by atoms with Crippen LogP contribution in [0.4, 0.5) is 11.4 Å². The highest BCUT2D eigenvalue weighted by atomic mass is 16.6. The molecule has 0 spiro atoms. The van der Waals surface area contributed by atoms with Gasteiger partial charge in [0.25, 0.3) is 11.6 Å². The average molecular weight is 416 g/mol. The molecule has 154 valence electrons. The maximum atomic E-state index is 12.4. The Hall–Kier alpha value is -4.71. The van der Waals surface area contributed by atoms with Crippen LogP contribution in [0.3, 0.4) is 0 Å². The summed E-state index contributed by atoms with van der Waals surface area (Å²) in [4.78, 5) is 26.4. The van der Waals surface area contributed by atoms with Crippen molar-refractivity contribution in [2.45, 2.75) is 0 Å². The number of ether oxygens (including phenoxy) is 2. The zero-order valence-electron chi connectivity index (χ0n) is 16.3. The van der Waals surface area contributed by atoms with E-state index < -0.39 is 10.8 Å². The standard InChI is InChI=1S/C22H16N4O5/c1-30-20-4-2-3-17(12-20)25-22(27)16(13-23)11-15-5-8-19(9-6-15)31-21-10-7-18(14-24-21)26(28)29/h2-12,14H,1H3,(H,25,27)/b16-11-. The maximum Gasteiger partial charge on any atom is 0.287 e. The molecule has 3 aromatic rings. The number of nitriles is 1. The first kappa shape index (κ1) is 21.0. The largest absolute Gasteiger partial charge is 0.497 e. The van der Waals surface area contributed by atoms with Gasteiger partial charge in [0, 0.05) is 23.9 Å². The van der Waals surface area contributed by atoms with Crippen LogP contribution in [-0.4, -0.2) is 22.9 Å². The molecule has 0 aliphatic rings. The highest BCUT2D eigenvalue weighted by Crippen LogP contribution is 2.23. The number of carbonyl (C=O) groups is 1. The zero-order chi connectivity index (χ0) is 22.2. The van der Waals surface area contributed by atoms with Crippen molar-refractivity contribution in [2.24, 2.45) is 0 Å². The molecule has 0 aliphatic heterocycles. The van der Waals surface area contributed by atoms with Crippen LogP contribution in [0.2, 0.25) is 0 Å². The van der Waals surface area contributed by atoms with Crippen molar-refractivity contribution in [1.82, 2.24) is 4.98 Å². The lowest BCUT2D eigenvalue weighted by Gasteiger charge is -2.07. The van der Waals surface area contributed by atoms with Gasteiger partial charge in [0.15, 0.2) is 0 Å². The molecule has 3 rings (SSSR count). The number of nitrogens with zero attached hydrogens (tertiary/aromatic N) is 3. The summed E-state index contributed by atoms with van der Waals surface area (Å²) in [6, 6.07) is 18.0. The number of aromatic nitrogens is 1. The third kappa shape index (κ3) is 5.65. The van der Waals surface area contributed by atoms with Crippen molar-refractivity contribution in [3.63, 3.8) is 0 Å². The summed E-state index contributed by atoms with van der Waals surface area (Å²) in [7, 11) is 1.52. The highest BCUT2D eigenvalue weighted by molar-refractivity contribution is 6.09. The number of pyridine rings is 1. The van der Waals surface area contributed by atoms with Crippen LogP contribution in [0.1, 0.15) is 5.56 Å². The summed E-state index contributed by atoms with van der Waals surface area (Å²) in [6.45, 7) is 0. The minimum atomic E-state index is -0.550. The molecule has 0 unspecified atom stereocenters. The molecule has 1 aromatic heterocycles. The number of amides is 1. The number of hydrogen-bond donors (Lipinski definition) is 1. The van der Waals surface area contributed by atoms with E-state index in [4.69, 9.17) is 9.47 Å². The van der Waals surface area contributed by atoms with Gasteiger partial charge in [-0.2, -0.15) is 5.26 Å². The van der Waals surface area contributed by atoms with Gasteiger partial charge in [0.2, 0.25) is 5.88 Å². The molecule has 1 heterocycles. The topological polar surface area (TPSA) is 127 Å². The molecule has 0 saturated heterocycles. The number of nitrogens with one attached hydrogen (secondary N) is 1. The van der Waals surface area contributed by atoms with E-state index in [9.17, 15) is 20.2 Å². The second-order valence-corrected chi connectivity index (χ2v) is 6.14. The molecule has 0 bridgehead atoms. The number of hydrogen-bond acceptors (Lipinski definition) is 7. The minimum Gasteiger partial charge on any atom is -0.497 e. The molecule has 2 aromatic carbocycles. The SMILES string of the molecule is COc1cccc(NC(=O)/C(C#N)=C\c2ccc(Oc3ccc([N+](=O)[O-])cn3)cc2)c1. The van der Waals surface area contributed by atoms with E-state index in [2.05, 4.69) is 10.3 Å². The molecule has 0 radical (unpaired) electrons. The van der Waals surface area contributed by atoms with Gasteiger partial charge >= 0.3 is 0 Å². The Balaban J connectivity index is 1.69. The Morgan fingerprint density at radius 1 is 1.16 bits per heavy atom. The predicted molar refractivity (Wildman–Crippen MR) is 113 cm³/mol. The fraction of sp³-hybridized carbons (Fsp3) is 0.0455. The summed E-state index contributed by atoms with van der Waals surface area (Å²) in [6.07, 6.45) is 2.55. The van der Waals surface area contributed by atoms with Crippen LogP contribution in [0.25, 0.3) is 6.08 Å². The van der Waals surface area contributed by atoms with E-state index >= 15 is 0 Å². The Bertz CT molecular complexity index is 1170. The van der Waals surface area contributed by atoms with Gasteiger partial charge < -0.3 is 14.8 Å². The molecule has 1 amide bonds. The lowest BCUT2D eigenvalue weighted by molar-refractivity contribution is -0.385. The van der Waals surface area contributed by atoms with Crippen molar-refractivity contribution in [3.05, 3.63) is 88.1 Å². The Morgan fingerprint density at radius 2 is 1.94 bits per heavy atom. The second kappa shape index (κ2) is 9.67. The van der Waals surface area contributed by atoms with Gasteiger partial charge in [-0.15, -0.1) is 0 Å². The third-order valence-corrected chi connectivity index (χ3v) is 4.04. The molecular weight excluding hydrogens is 400 g/mol. The summed E-state index contributed by atoms with van der Waals surface area (Å²) < 4.78 is 10.6. The first-order valence-corrected chi connectivity index (χ1v) is 8.94. The number of rotatable bonds is 7. The minimum absolute atomic E-state index is 0.0754. The van der Waals surface area contributed by atoms with Gasteiger partial charge in [0.05, 0.1) is 12.0 Å². The number of benzene rings is 2. The smallest absolute Gasteiger partial charge is 0.287 e. The van der Waals surface area contributed by atoms with Gasteiger partial charge in [0.1, 0.15) is 29.3 Å². The highest BCUT2D eigenvalue weighted by Gasteiger charge is 2.11. The monoisotopic (exact) mass is 416 g/mol. The summed E-state index contributed by atoms with van der Waals surface area (Å²) in [5, 5.41) is 22.7. The molecule has 0 aliphatic carbocycles. The molecule has 9 nitrogen and oxygen atoms in total. The third-order valence-electron chi connectivity index (χ3n) is 4.04. The fourth-order valence-electron chi connectivity index (χ4n) is 2.51.